The fraction of sp³-hybridized carbons (Fsp3) is 0.250. The molecular weight excluding hydrogens is 494 g/mol. The maximum absolute atomic E-state index is 12.6. The van der Waals surface area contributed by atoms with Crippen molar-refractivity contribution in [3.8, 4) is 11.3 Å². The van der Waals surface area contributed by atoms with Crippen molar-refractivity contribution in [3.63, 3.8) is 0 Å². The van der Waals surface area contributed by atoms with Gasteiger partial charge in [-0.25, -0.2) is 17.7 Å². The number of halogens is 2. The van der Waals surface area contributed by atoms with Crippen LogP contribution in [0.25, 0.3) is 11.3 Å². The topological polar surface area (TPSA) is 54.7 Å². The van der Waals surface area contributed by atoms with Crippen LogP contribution in [0, 0.1) is 6.92 Å². The highest BCUT2D eigenvalue weighted by Gasteiger charge is 2.22. The summed E-state index contributed by atoms with van der Waals surface area (Å²) in [5, 5.41) is 2.20. The maximum Gasteiger partial charge on any atom is 0.244 e. The molecule has 0 bridgehead atoms. The van der Waals surface area contributed by atoms with Gasteiger partial charge >= 0.3 is 0 Å². The van der Waals surface area contributed by atoms with Gasteiger partial charge in [0.1, 0.15) is 4.90 Å². The lowest BCUT2D eigenvalue weighted by molar-refractivity contribution is 0.521. The largest absolute Gasteiger partial charge is 0.317 e. The highest BCUT2D eigenvalue weighted by molar-refractivity contribution is 8.93. The minimum Gasteiger partial charge on any atom is -0.317 e. The first-order valence-electron chi connectivity index (χ1n) is 8.77. The van der Waals surface area contributed by atoms with Crippen LogP contribution in [-0.2, 0) is 16.6 Å². The monoisotopic (exact) mass is 515 g/mol. The van der Waals surface area contributed by atoms with Crippen molar-refractivity contribution < 1.29 is 8.42 Å². The molecule has 0 spiro atoms. The van der Waals surface area contributed by atoms with E-state index >= 15 is 0 Å². The molecule has 0 saturated heterocycles. The second kappa shape index (κ2) is 9.57. The fourth-order valence-corrected chi connectivity index (χ4v) is 5.18. The van der Waals surface area contributed by atoms with Crippen molar-refractivity contribution in [1.29, 1.82) is 0 Å². The maximum atomic E-state index is 12.6. The van der Waals surface area contributed by atoms with Gasteiger partial charge < -0.3 is 4.57 Å². The van der Waals surface area contributed by atoms with Gasteiger partial charge in [-0.3, -0.25) is 0 Å². The Morgan fingerprint density at radius 3 is 2.48 bits per heavy atom. The zero-order chi connectivity index (χ0) is 20.5. The van der Waals surface area contributed by atoms with E-state index in [-0.39, 0.29) is 26.9 Å². The summed E-state index contributed by atoms with van der Waals surface area (Å²) in [5.41, 5.74) is 3.72. The number of benzene rings is 2. The van der Waals surface area contributed by atoms with E-state index < -0.39 is 10.0 Å². The van der Waals surface area contributed by atoms with Gasteiger partial charge in [-0.05, 0) is 37.6 Å². The smallest absolute Gasteiger partial charge is 0.244 e. The molecule has 0 atom stereocenters. The Labute approximate surface area is 191 Å². The molecule has 2 aromatic carbocycles. The van der Waals surface area contributed by atoms with Gasteiger partial charge in [0.15, 0.2) is 4.80 Å². The molecule has 5 nitrogen and oxygen atoms in total. The first kappa shape index (κ1) is 23.8. The lowest BCUT2D eigenvalue weighted by Crippen LogP contribution is -2.22. The number of para-hydroxylation sites is 1. The molecule has 0 radical (unpaired) electrons. The van der Waals surface area contributed by atoms with Gasteiger partial charge in [0.25, 0.3) is 0 Å². The molecule has 3 rings (SSSR count). The second-order valence-electron chi connectivity index (χ2n) is 6.48. The van der Waals surface area contributed by atoms with Gasteiger partial charge in [-0.1, -0.05) is 35.9 Å². The standard InChI is InChI=1S/C20H22ClN3O2S2.BrH/c1-5-24-18(13-27-20(24)22-17-9-7-6-8-14(17)2)15-10-11-16(21)19(12-15)28(25,26)23(3)4;/h6-13H,5H2,1-4H3;1H/b22-20+;. The summed E-state index contributed by atoms with van der Waals surface area (Å²) in [6.45, 7) is 4.78. The Balaban J connectivity index is 0.00000300. The molecule has 0 N–H and O–H groups in total. The van der Waals surface area contributed by atoms with Crippen molar-refractivity contribution in [1.82, 2.24) is 8.87 Å². The first-order chi connectivity index (χ1) is 13.3. The van der Waals surface area contributed by atoms with Crippen LogP contribution >= 0.6 is 39.9 Å². The highest BCUT2D eigenvalue weighted by atomic mass is 79.9. The van der Waals surface area contributed by atoms with Crippen LogP contribution in [0.3, 0.4) is 0 Å². The SMILES string of the molecule is Br.CCn1c(-c2ccc(Cl)c(S(=O)(=O)N(C)C)c2)cs/c1=N/c1ccccc1C. The number of rotatable bonds is 5. The van der Waals surface area contributed by atoms with E-state index in [9.17, 15) is 8.42 Å². The highest BCUT2D eigenvalue weighted by Crippen LogP contribution is 2.30. The van der Waals surface area contributed by atoms with Crippen molar-refractivity contribution in [3.05, 3.63) is 63.2 Å². The number of hydrogen-bond acceptors (Lipinski definition) is 4. The first-order valence-corrected chi connectivity index (χ1v) is 11.5. The molecule has 0 saturated carbocycles. The summed E-state index contributed by atoms with van der Waals surface area (Å²) >= 11 is 7.71. The van der Waals surface area contributed by atoms with E-state index in [0.717, 1.165) is 27.3 Å². The Morgan fingerprint density at radius 1 is 1.17 bits per heavy atom. The van der Waals surface area contributed by atoms with Crippen molar-refractivity contribution in [2.45, 2.75) is 25.3 Å². The summed E-state index contributed by atoms with van der Waals surface area (Å²) in [5.74, 6) is 0. The Hall–Kier alpha value is -1.45. The van der Waals surface area contributed by atoms with Crippen LogP contribution in [0.2, 0.25) is 5.02 Å². The van der Waals surface area contributed by atoms with Gasteiger partial charge in [-0.15, -0.1) is 28.3 Å². The molecule has 1 heterocycles. The lowest BCUT2D eigenvalue weighted by atomic mass is 10.2. The average molecular weight is 517 g/mol. The number of sulfonamides is 1. The van der Waals surface area contributed by atoms with E-state index in [0.29, 0.717) is 6.54 Å². The van der Waals surface area contributed by atoms with E-state index in [1.165, 1.54) is 29.7 Å². The predicted octanol–water partition coefficient (Wildman–Crippen LogP) is 5.26. The predicted molar refractivity (Wildman–Crippen MR) is 126 cm³/mol. The van der Waals surface area contributed by atoms with E-state index in [2.05, 4.69) is 4.57 Å². The molecule has 0 aliphatic rings. The van der Waals surface area contributed by atoms with Crippen LogP contribution in [0.1, 0.15) is 12.5 Å². The van der Waals surface area contributed by atoms with Crippen molar-refractivity contribution in [2.75, 3.05) is 14.1 Å². The molecule has 0 unspecified atom stereocenters. The lowest BCUT2D eigenvalue weighted by Gasteiger charge is -2.14. The fourth-order valence-electron chi connectivity index (χ4n) is 2.80. The number of aromatic nitrogens is 1. The second-order valence-corrected chi connectivity index (χ2v) is 9.84. The quantitative estimate of drug-likeness (QED) is 0.464. The zero-order valence-corrected chi connectivity index (χ0v) is 20.7. The van der Waals surface area contributed by atoms with Crippen molar-refractivity contribution in [2.24, 2.45) is 4.99 Å². The normalized spacial score (nSPS) is 12.3. The molecule has 9 heteroatoms. The van der Waals surface area contributed by atoms with Crippen LogP contribution in [-0.4, -0.2) is 31.4 Å². The molecule has 3 aromatic rings. The van der Waals surface area contributed by atoms with E-state index in [1.807, 2.05) is 49.6 Å². The minimum atomic E-state index is -3.63. The number of nitrogens with zero attached hydrogens (tertiary/aromatic N) is 3. The Kier molecular flexibility index (Phi) is 7.86. The third-order valence-corrected chi connectivity index (χ3v) is 7.59. The van der Waals surface area contributed by atoms with E-state index in [4.69, 9.17) is 16.6 Å². The summed E-state index contributed by atoms with van der Waals surface area (Å²) in [4.78, 5) is 5.76. The number of aryl methyl sites for hydroxylation is 1. The molecule has 1 aromatic heterocycles. The average Bonchev–Trinajstić information content (AvgIpc) is 3.06. The summed E-state index contributed by atoms with van der Waals surface area (Å²) in [7, 11) is -0.644. The van der Waals surface area contributed by atoms with Gasteiger partial charge in [-0.2, -0.15) is 0 Å². The summed E-state index contributed by atoms with van der Waals surface area (Å²) in [6.07, 6.45) is 0. The molecule has 0 aliphatic heterocycles. The molecule has 0 amide bonds. The zero-order valence-electron chi connectivity index (χ0n) is 16.6. The molecule has 156 valence electrons. The minimum absolute atomic E-state index is 0. The van der Waals surface area contributed by atoms with Crippen LogP contribution in [0.15, 0.2) is 57.7 Å². The Bertz CT molecular complexity index is 1180. The van der Waals surface area contributed by atoms with Gasteiger partial charge in [0, 0.05) is 31.6 Å². The Morgan fingerprint density at radius 2 is 1.86 bits per heavy atom. The van der Waals surface area contributed by atoms with Crippen LogP contribution in [0.5, 0.6) is 0 Å². The molecule has 0 fully saturated rings. The van der Waals surface area contributed by atoms with Crippen LogP contribution in [0.4, 0.5) is 5.69 Å². The number of thiazole rings is 1. The molecular formula is C20H23BrClN3O2S2. The molecule has 29 heavy (non-hydrogen) atoms. The van der Waals surface area contributed by atoms with Crippen LogP contribution < -0.4 is 4.80 Å². The molecule has 0 aliphatic carbocycles. The number of hydrogen-bond donors (Lipinski definition) is 0. The third-order valence-electron chi connectivity index (χ3n) is 4.43. The van der Waals surface area contributed by atoms with Crippen molar-refractivity contribution >= 4 is 55.6 Å². The summed E-state index contributed by atoms with van der Waals surface area (Å²) < 4.78 is 28.4. The summed E-state index contributed by atoms with van der Waals surface area (Å²) in [6, 6.07) is 13.1. The van der Waals surface area contributed by atoms with Gasteiger partial charge in [0.05, 0.1) is 16.4 Å². The van der Waals surface area contributed by atoms with Gasteiger partial charge in [0.2, 0.25) is 10.0 Å². The third kappa shape index (κ3) is 4.83. The van der Waals surface area contributed by atoms with E-state index in [1.54, 1.807) is 12.1 Å².